The van der Waals surface area contributed by atoms with Crippen molar-refractivity contribution in [1.29, 1.82) is 0 Å². The van der Waals surface area contributed by atoms with Crippen LogP contribution in [0.5, 0.6) is 0 Å². The van der Waals surface area contributed by atoms with Gasteiger partial charge in [0, 0.05) is 25.6 Å². The van der Waals surface area contributed by atoms with E-state index in [0.717, 1.165) is 3.57 Å². The molecule has 2 rings (SSSR count). The summed E-state index contributed by atoms with van der Waals surface area (Å²) in [6.07, 6.45) is 5.22. The Morgan fingerprint density at radius 2 is 2.21 bits per heavy atom. The molecule has 4 nitrogen and oxygen atoms in total. The van der Waals surface area contributed by atoms with E-state index >= 15 is 0 Å². The number of aromatic nitrogens is 4. The zero-order valence-electron chi connectivity index (χ0n) is 7.28. The van der Waals surface area contributed by atoms with Gasteiger partial charge in [-0.1, -0.05) is 11.6 Å². The van der Waals surface area contributed by atoms with Crippen LogP contribution in [0.1, 0.15) is 0 Å². The molecule has 6 heteroatoms. The topological polar surface area (TPSA) is 43.6 Å². The molecule has 0 aliphatic carbocycles. The summed E-state index contributed by atoms with van der Waals surface area (Å²) in [6.45, 7) is 0. The van der Waals surface area contributed by atoms with Crippen LogP contribution in [-0.4, -0.2) is 19.5 Å². The number of hydrogen-bond acceptors (Lipinski definition) is 3. The first-order valence-electron chi connectivity index (χ1n) is 3.84. The van der Waals surface area contributed by atoms with E-state index in [9.17, 15) is 0 Å². The largest absolute Gasteiger partial charge is 0.331 e. The molecule has 0 radical (unpaired) electrons. The second kappa shape index (κ2) is 3.82. The predicted molar refractivity (Wildman–Crippen MR) is 62.0 cm³/mol. The zero-order chi connectivity index (χ0) is 10.1. The highest BCUT2D eigenvalue weighted by Gasteiger charge is 2.08. The van der Waals surface area contributed by atoms with Gasteiger partial charge in [0.05, 0.1) is 3.57 Å². The number of hydrogen-bond donors (Lipinski definition) is 0. The molecule has 2 heterocycles. The van der Waals surface area contributed by atoms with Crippen molar-refractivity contribution in [3.63, 3.8) is 0 Å². The standard InChI is InChI=1S/C8H6ClIN4/c1-14-3-2-11-8(14)7-12-4-5(10)6(9)13-7/h2-4H,1H3. The maximum Gasteiger partial charge on any atom is 0.197 e. The van der Waals surface area contributed by atoms with Crippen LogP contribution in [-0.2, 0) is 7.05 Å². The summed E-state index contributed by atoms with van der Waals surface area (Å²) in [7, 11) is 1.89. The molecular weight excluding hydrogens is 314 g/mol. The molecule has 72 valence electrons. The average Bonchev–Trinajstić information content (AvgIpc) is 2.57. The quantitative estimate of drug-likeness (QED) is 0.597. The normalized spacial score (nSPS) is 10.5. The van der Waals surface area contributed by atoms with Gasteiger partial charge in [0.1, 0.15) is 5.15 Å². The van der Waals surface area contributed by atoms with Crippen LogP contribution in [0, 0.1) is 3.57 Å². The van der Waals surface area contributed by atoms with Gasteiger partial charge in [0.2, 0.25) is 0 Å². The van der Waals surface area contributed by atoms with Gasteiger partial charge in [-0.25, -0.2) is 15.0 Å². The average molecular weight is 321 g/mol. The van der Waals surface area contributed by atoms with E-state index < -0.39 is 0 Å². The molecule has 0 aliphatic heterocycles. The minimum atomic E-state index is 0.457. The number of nitrogens with zero attached hydrogens (tertiary/aromatic N) is 4. The van der Waals surface area contributed by atoms with Crippen molar-refractivity contribution in [2.75, 3.05) is 0 Å². The van der Waals surface area contributed by atoms with Crippen LogP contribution in [0.15, 0.2) is 18.6 Å². The summed E-state index contributed by atoms with van der Waals surface area (Å²) in [5, 5.41) is 0.457. The van der Waals surface area contributed by atoms with Gasteiger partial charge >= 0.3 is 0 Å². The van der Waals surface area contributed by atoms with Crippen molar-refractivity contribution in [3.8, 4) is 11.6 Å². The fraction of sp³-hybridized carbons (Fsp3) is 0.125. The lowest BCUT2D eigenvalue weighted by Gasteiger charge is -2.00. The van der Waals surface area contributed by atoms with Gasteiger partial charge in [-0.2, -0.15) is 0 Å². The number of imidazole rings is 1. The van der Waals surface area contributed by atoms with Crippen LogP contribution >= 0.6 is 34.2 Å². The third-order valence-electron chi connectivity index (χ3n) is 1.72. The highest BCUT2D eigenvalue weighted by Crippen LogP contribution is 2.18. The molecule has 0 saturated heterocycles. The van der Waals surface area contributed by atoms with Gasteiger partial charge < -0.3 is 4.57 Å². The lowest BCUT2D eigenvalue weighted by atomic mass is 10.5. The lowest BCUT2D eigenvalue weighted by Crippen LogP contribution is -1.97. The molecule has 2 aromatic heterocycles. The number of rotatable bonds is 1. The fourth-order valence-corrected chi connectivity index (χ4v) is 1.42. The van der Waals surface area contributed by atoms with Crippen LogP contribution in [0.2, 0.25) is 5.15 Å². The molecule has 0 N–H and O–H groups in total. The number of halogens is 2. The van der Waals surface area contributed by atoms with Crippen molar-refractivity contribution < 1.29 is 0 Å². The summed E-state index contributed by atoms with van der Waals surface area (Å²) in [4.78, 5) is 12.4. The number of aryl methyl sites for hydroxylation is 1. The van der Waals surface area contributed by atoms with E-state index in [4.69, 9.17) is 11.6 Å². The highest BCUT2D eigenvalue weighted by atomic mass is 127. The highest BCUT2D eigenvalue weighted by molar-refractivity contribution is 14.1. The smallest absolute Gasteiger partial charge is 0.197 e. The van der Waals surface area contributed by atoms with Crippen LogP contribution < -0.4 is 0 Å². The summed E-state index contributed by atoms with van der Waals surface area (Å²) in [6, 6.07) is 0. The van der Waals surface area contributed by atoms with Gasteiger partial charge in [-0.05, 0) is 22.6 Å². The summed E-state index contributed by atoms with van der Waals surface area (Å²) in [5.41, 5.74) is 0. The lowest BCUT2D eigenvalue weighted by molar-refractivity contribution is 0.905. The first-order chi connectivity index (χ1) is 6.68. The van der Waals surface area contributed by atoms with Crippen molar-refractivity contribution in [2.24, 2.45) is 7.05 Å². The van der Waals surface area contributed by atoms with Gasteiger partial charge in [-0.15, -0.1) is 0 Å². The minimum Gasteiger partial charge on any atom is -0.331 e. The van der Waals surface area contributed by atoms with E-state index in [-0.39, 0.29) is 0 Å². The molecular formula is C8H6ClIN4. The fourth-order valence-electron chi connectivity index (χ4n) is 1.04. The molecule has 0 aromatic carbocycles. The molecule has 0 atom stereocenters. The van der Waals surface area contributed by atoms with Gasteiger partial charge in [0.15, 0.2) is 11.6 Å². The third kappa shape index (κ3) is 1.74. The summed E-state index contributed by atoms with van der Waals surface area (Å²) in [5.74, 6) is 1.26. The maximum atomic E-state index is 5.89. The van der Waals surface area contributed by atoms with Crippen molar-refractivity contribution in [1.82, 2.24) is 19.5 Å². The Bertz CT molecular complexity index is 468. The van der Waals surface area contributed by atoms with E-state index in [1.165, 1.54) is 0 Å². The molecule has 0 spiro atoms. The Hall–Kier alpha value is -0.690. The van der Waals surface area contributed by atoms with E-state index in [1.54, 1.807) is 12.4 Å². The van der Waals surface area contributed by atoms with Crippen LogP contribution in [0.3, 0.4) is 0 Å². The Morgan fingerprint density at radius 1 is 1.43 bits per heavy atom. The SMILES string of the molecule is Cn1ccnc1-c1ncc(I)c(Cl)n1. The Morgan fingerprint density at radius 3 is 2.79 bits per heavy atom. The Balaban J connectivity index is 2.53. The van der Waals surface area contributed by atoms with Crippen LogP contribution in [0.4, 0.5) is 0 Å². The summed E-state index contributed by atoms with van der Waals surface area (Å²) >= 11 is 7.97. The molecule has 0 bridgehead atoms. The Labute approximate surface area is 99.5 Å². The first-order valence-corrected chi connectivity index (χ1v) is 5.30. The molecule has 0 aliphatic rings. The maximum absolute atomic E-state index is 5.89. The molecule has 0 fully saturated rings. The molecule has 0 saturated carbocycles. The zero-order valence-corrected chi connectivity index (χ0v) is 10.2. The molecule has 0 unspecified atom stereocenters. The monoisotopic (exact) mass is 320 g/mol. The van der Waals surface area contributed by atoms with Crippen molar-refractivity contribution in [2.45, 2.75) is 0 Å². The molecule has 2 aromatic rings. The van der Waals surface area contributed by atoms with Gasteiger partial charge in [-0.3, -0.25) is 0 Å². The predicted octanol–water partition coefficient (Wildman–Crippen LogP) is 2.14. The van der Waals surface area contributed by atoms with E-state index in [1.807, 2.05) is 17.8 Å². The van der Waals surface area contributed by atoms with E-state index in [0.29, 0.717) is 16.8 Å². The van der Waals surface area contributed by atoms with E-state index in [2.05, 4.69) is 37.5 Å². The second-order valence-corrected chi connectivity index (χ2v) is 4.21. The molecule has 0 amide bonds. The van der Waals surface area contributed by atoms with Crippen molar-refractivity contribution in [3.05, 3.63) is 27.3 Å². The van der Waals surface area contributed by atoms with Crippen molar-refractivity contribution >= 4 is 34.2 Å². The third-order valence-corrected chi connectivity index (χ3v) is 3.12. The Kier molecular flexibility index (Phi) is 2.69. The minimum absolute atomic E-state index is 0.457. The first kappa shape index (κ1) is 9.85. The molecule has 14 heavy (non-hydrogen) atoms. The van der Waals surface area contributed by atoms with Crippen LogP contribution in [0.25, 0.3) is 11.6 Å². The second-order valence-electron chi connectivity index (χ2n) is 2.69. The van der Waals surface area contributed by atoms with Gasteiger partial charge in [0.25, 0.3) is 0 Å². The summed E-state index contributed by atoms with van der Waals surface area (Å²) < 4.78 is 2.68.